The Hall–Kier alpha value is -2.38. The highest BCUT2D eigenvalue weighted by molar-refractivity contribution is 6.33. The molecule has 8 heteroatoms. The molecule has 0 spiro atoms. The molecule has 2 aliphatic rings. The third kappa shape index (κ3) is 3.57. The molecule has 0 radical (unpaired) electrons. The molecular formula is C19H21ClN4O3. The number of ether oxygens (including phenoxy) is 1. The van der Waals surface area contributed by atoms with Crippen molar-refractivity contribution in [3.05, 3.63) is 46.5 Å². The van der Waals surface area contributed by atoms with E-state index in [4.69, 9.17) is 16.3 Å². The Morgan fingerprint density at radius 2 is 1.89 bits per heavy atom. The van der Waals surface area contributed by atoms with Gasteiger partial charge in [-0.05, 0) is 31.4 Å². The smallest absolute Gasteiger partial charge is 0.291 e. The van der Waals surface area contributed by atoms with Crippen LogP contribution < -0.4 is 5.32 Å². The van der Waals surface area contributed by atoms with E-state index in [0.29, 0.717) is 49.3 Å². The van der Waals surface area contributed by atoms with Gasteiger partial charge in [0.15, 0.2) is 5.82 Å². The standard InChI is InChI=1S/C19H21ClN4O3/c20-13-5-1-2-6-14(13)21-18(25)17-22-16(15-7-3-4-8-24(15)17)19(26)23-9-11-27-12-10-23/h1-2,5-6H,3-4,7-12H2,(H,21,25). The highest BCUT2D eigenvalue weighted by Gasteiger charge is 2.30. The van der Waals surface area contributed by atoms with E-state index in [0.717, 1.165) is 25.0 Å². The summed E-state index contributed by atoms with van der Waals surface area (Å²) in [5.41, 5.74) is 1.77. The lowest BCUT2D eigenvalue weighted by Gasteiger charge is -2.26. The van der Waals surface area contributed by atoms with Crippen LogP contribution in [0.25, 0.3) is 0 Å². The van der Waals surface area contributed by atoms with Crippen LogP contribution >= 0.6 is 11.6 Å². The Balaban J connectivity index is 1.65. The van der Waals surface area contributed by atoms with Crippen molar-refractivity contribution >= 4 is 29.1 Å². The van der Waals surface area contributed by atoms with Gasteiger partial charge in [0.05, 0.1) is 29.6 Å². The highest BCUT2D eigenvalue weighted by atomic mass is 35.5. The minimum atomic E-state index is -0.354. The van der Waals surface area contributed by atoms with Crippen molar-refractivity contribution in [2.75, 3.05) is 31.6 Å². The monoisotopic (exact) mass is 388 g/mol. The number of aromatic nitrogens is 2. The molecule has 2 aliphatic heterocycles. The lowest BCUT2D eigenvalue weighted by molar-refractivity contribution is 0.0298. The number of hydrogen-bond acceptors (Lipinski definition) is 4. The van der Waals surface area contributed by atoms with Gasteiger partial charge < -0.3 is 19.5 Å². The first kappa shape index (κ1) is 18.0. The first-order valence-corrected chi connectivity index (χ1v) is 9.55. The first-order valence-electron chi connectivity index (χ1n) is 9.17. The molecule has 2 aromatic rings. The minimum absolute atomic E-state index is 0.124. The number of hydrogen-bond donors (Lipinski definition) is 1. The van der Waals surface area contributed by atoms with E-state index in [9.17, 15) is 9.59 Å². The second-order valence-electron chi connectivity index (χ2n) is 6.68. The van der Waals surface area contributed by atoms with Crippen molar-refractivity contribution < 1.29 is 14.3 Å². The van der Waals surface area contributed by atoms with Crippen LogP contribution in [0.15, 0.2) is 24.3 Å². The van der Waals surface area contributed by atoms with Crippen LogP contribution in [0.4, 0.5) is 5.69 Å². The zero-order valence-electron chi connectivity index (χ0n) is 14.9. The topological polar surface area (TPSA) is 76.5 Å². The van der Waals surface area contributed by atoms with E-state index < -0.39 is 0 Å². The van der Waals surface area contributed by atoms with Gasteiger partial charge in [0.2, 0.25) is 0 Å². The lowest BCUT2D eigenvalue weighted by Crippen LogP contribution is -2.41. The average molecular weight is 389 g/mol. The largest absolute Gasteiger partial charge is 0.378 e. The Morgan fingerprint density at radius 3 is 2.67 bits per heavy atom. The molecule has 27 heavy (non-hydrogen) atoms. The van der Waals surface area contributed by atoms with Crippen LogP contribution in [0.2, 0.25) is 5.02 Å². The molecule has 4 rings (SSSR count). The Morgan fingerprint density at radius 1 is 1.11 bits per heavy atom. The van der Waals surface area contributed by atoms with Crippen LogP contribution in [0.5, 0.6) is 0 Å². The van der Waals surface area contributed by atoms with E-state index in [2.05, 4.69) is 10.3 Å². The molecule has 1 aromatic heterocycles. The van der Waals surface area contributed by atoms with Gasteiger partial charge in [0.1, 0.15) is 5.69 Å². The van der Waals surface area contributed by atoms with E-state index in [-0.39, 0.29) is 17.6 Å². The summed E-state index contributed by atoms with van der Waals surface area (Å²) < 4.78 is 7.20. The van der Waals surface area contributed by atoms with Gasteiger partial charge in [-0.15, -0.1) is 0 Å². The van der Waals surface area contributed by atoms with Gasteiger partial charge in [-0.25, -0.2) is 4.98 Å². The summed E-state index contributed by atoms with van der Waals surface area (Å²) in [5, 5.41) is 3.27. The molecular weight excluding hydrogens is 368 g/mol. The molecule has 7 nitrogen and oxygen atoms in total. The number of benzene rings is 1. The quantitative estimate of drug-likeness (QED) is 0.876. The fourth-order valence-electron chi connectivity index (χ4n) is 3.54. The number of carbonyl (C=O) groups is 2. The normalized spacial score (nSPS) is 16.7. The maximum absolute atomic E-state index is 13.0. The SMILES string of the molecule is O=C(Nc1ccccc1Cl)c1nc(C(=O)N2CCOCC2)c2n1CCCC2. The van der Waals surface area contributed by atoms with Crippen molar-refractivity contribution in [1.29, 1.82) is 0 Å². The summed E-state index contributed by atoms with van der Waals surface area (Å²) in [6.45, 7) is 2.84. The number of nitrogens with zero attached hydrogens (tertiary/aromatic N) is 3. The van der Waals surface area contributed by atoms with E-state index in [1.54, 1.807) is 29.2 Å². The van der Waals surface area contributed by atoms with Crippen molar-refractivity contribution in [1.82, 2.24) is 14.5 Å². The predicted octanol–water partition coefficient (Wildman–Crippen LogP) is 2.60. The maximum Gasteiger partial charge on any atom is 0.291 e. The minimum Gasteiger partial charge on any atom is -0.378 e. The predicted molar refractivity (Wildman–Crippen MR) is 101 cm³/mol. The molecule has 0 saturated carbocycles. The second-order valence-corrected chi connectivity index (χ2v) is 7.09. The number of amides is 2. The van der Waals surface area contributed by atoms with Gasteiger partial charge in [-0.1, -0.05) is 23.7 Å². The highest BCUT2D eigenvalue weighted by Crippen LogP contribution is 2.25. The third-order valence-corrected chi connectivity index (χ3v) is 5.27. The molecule has 1 aromatic carbocycles. The van der Waals surface area contributed by atoms with Crippen LogP contribution in [0.1, 0.15) is 39.6 Å². The summed E-state index contributed by atoms with van der Waals surface area (Å²) in [6, 6.07) is 7.05. The summed E-state index contributed by atoms with van der Waals surface area (Å²) in [7, 11) is 0. The summed E-state index contributed by atoms with van der Waals surface area (Å²) in [5.74, 6) is -0.214. The fourth-order valence-corrected chi connectivity index (χ4v) is 3.73. The Labute approximate surface area is 162 Å². The molecule has 1 N–H and O–H groups in total. The number of anilines is 1. The van der Waals surface area contributed by atoms with Crippen LogP contribution in [0.3, 0.4) is 0 Å². The molecule has 1 saturated heterocycles. The number of rotatable bonds is 3. The van der Waals surface area contributed by atoms with E-state index >= 15 is 0 Å². The van der Waals surface area contributed by atoms with Gasteiger partial charge in [0, 0.05) is 19.6 Å². The van der Waals surface area contributed by atoms with Gasteiger partial charge in [-0.2, -0.15) is 0 Å². The van der Waals surface area contributed by atoms with Crippen LogP contribution in [-0.2, 0) is 17.7 Å². The summed E-state index contributed by atoms with van der Waals surface area (Å²) in [6.07, 6.45) is 2.69. The van der Waals surface area contributed by atoms with Crippen LogP contribution in [-0.4, -0.2) is 52.6 Å². The number of imidazole rings is 1. The molecule has 1 fully saturated rings. The van der Waals surface area contributed by atoms with Gasteiger partial charge in [-0.3, -0.25) is 9.59 Å². The molecule has 0 aliphatic carbocycles. The van der Waals surface area contributed by atoms with Crippen molar-refractivity contribution in [3.63, 3.8) is 0 Å². The fraction of sp³-hybridized carbons (Fsp3) is 0.421. The van der Waals surface area contributed by atoms with E-state index in [1.807, 2.05) is 4.57 Å². The third-order valence-electron chi connectivity index (χ3n) is 4.94. The number of nitrogens with one attached hydrogen (secondary N) is 1. The summed E-state index contributed by atoms with van der Waals surface area (Å²) >= 11 is 6.14. The summed E-state index contributed by atoms with van der Waals surface area (Å²) in [4.78, 5) is 32.0. The van der Waals surface area contributed by atoms with Crippen LogP contribution in [0, 0.1) is 0 Å². The maximum atomic E-state index is 13.0. The van der Waals surface area contributed by atoms with Crippen molar-refractivity contribution in [3.8, 4) is 0 Å². The average Bonchev–Trinajstić information content (AvgIpc) is 3.10. The Bertz CT molecular complexity index is 874. The van der Waals surface area contributed by atoms with Gasteiger partial charge in [0.25, 0.3) is 11.8 Å². The number of para-hydroxylation sites is 1. The number of halogens is 1. The molecule has 2 amide bonds. The zero-order chi connectivity index (χ0) is 18.8. The molecule has 0 unspecified atom stereocenters. The lowest BCUT2D eigenvalue weighted by atomic mass is 10.1. The molecule has 142 valence electrons. The number of carbonyl (C=O) groups excluding carboxylic acids is 2. The number of fused-ring (bicyclic) bond motifs is 1. The van der Waals surface area contributed by atoms with E-state index in [1.165, 1.54) is 0 Å². The first-order chi connectivity index (χ1) is 13.1. The van der Waals surface area contributed by atoms with Crippen molar-refractivity contribution in [2.45, 2.75) is 25.8 Å². The molecule has 0 atom stereocenters. The number of morpholine rings is 1. The zero-order valence-corrected chi connectivity index (χ0v) is 15.7. The van der Waals surface area contributed by atoms with Crippen molar-refractivity contribution in [2.24, 2.45) is 0 Å². The Kier molecular flexibility index (Phi) is 5.13. The molecule has 3 heterocycles. The molecule has 0 bridgehead atoms. The van der Waals surface area contributed by atoms with Gasteiger partial charge >= 0.3 is 0 Å². The second kappa shape index (κ2) is 7.70.